The maximum Gasteiger partial charge on any atom is 0.161 e. The molecule has 2 aliphatic rings. The zero-order valence-electron chi connectivity index (χ0n) is 26.0. The molecule has 0 spiro atoms. The highest BCUT2D eigenvalue weighted by Crippen LogP contribution is 2.38. The SMILES string of the molecule is C1=CCCC(c2cc(C3=CCCC=C3)nc(-c3ccc(-c4ccc(-c5ccc6oc7ccccc7c6c5)cc4)c4ccccc34)n2)=C1. The van der Waals surface area contributed by atoms with Crippen molar-refractivity contribution in [2.45, 2.75) is 25.7 Å². The fraction of sp³-hybridized carbons (Fsp3) is 0.0909. The molecule has 3 nitrogen and oxygen atoms in total. The van der Waals surface area contributed by atoms with Crippen LogP contribution in [0.25, 0.3) is 77.5 Å². The van der Waals surface area contributed by atoms with Crippen molar-refractivity contribution in [3.63, 3.8) is 0 Å². The number of benzene rings is 5. The number of allylic oxidation sites excluding steroid dienone is 8. The molecular weight excluding hydrogens is 572 g/mol. The van der Waals surface area contributed by atoms with Gasteiger partial charge < -0.3 is 4.42 Å². The number of rotatable bonds is 5. The number of hydrogen-bond acceptors (Lipinski definition) is 3. The van der Waals surface area contributed by atoms with Crippen LogP contribution in [0.5, 0.6) is 0 Å². The monoisotopic (exact) mass is 604 g/mol. The molecule has 0 bridgehead atoms. The van der Waals surface area contributed by atoms with Gasteiger partial charge in [0.2, 0.25) is 0 Å². The third kappa shape index (κ3) is 5.01. The third-order valence-corrected chi connectivity index (χ3v) is 9.43. The van der Waals surface area contributed by atoms with Crippen molar-refractivity contribution in [1.82, 2.24) is 9.97 Å². The summed E-state index contributed by atoms with van der Waals surface area (Å²) in [6.45, 7) is 0. The zero-order valence-corrected chi connectivity index (χ0v) is 26.0. The molecule has 0 aliphatic heterocycles. The Morgan fingerprint density at radius 1 is 0.532 bits per heavy atom. The Kier molecular flexibility index (Phi) is 6.75. The van der Waals surface area contributed by atoms with Crippen molar-refractivity contribution in [3.05, 3.63) is 157 Å². The van der Waals surface area contributed by atoms with Crippen molar-refractivity contribution in [1.29, 1.82) is 0 Å². The quantitative estimate of drug-likeness (QED) is 0.196. The Labute approximate surface area is 273 Å². The molecule has 2 aliphatic carbocycles. The van der Waals surface area contributed by atoms with E-state index in [1.807, 2.05) is 12.1 Å². The summed E-state index contributed by atoms with van der Waals surface area (Å²) in [5, 5.41) is 4.63. The fourth-order valence-electron chi connectivity index (χ4n) is 6.99. The second-order valence-corrected chi connectivity index (χ2v) is 12.4. The second kappa shape index (κ2) is 11.5. The van der Waals surface area contributed by atoms with E-state index in [4.69, 9.17) is 14.4 Å². The number of furan rings is 1. The van der Waals surface area contributed by atoms with E-state index >= 15 is 0 Å². The van der Waals surface area contributed by atoms with E-state index in [0.717, 1.165) is 75.8 Å². The minimum absolute atomic E-state index is 0.771. The molecule has 5 aromatic carbocycles. The van der Waals surface area contributed by atoms with Gasteiger partial charge in [-0.25, -0.2) is 9.97 Å². The Morgan fingerprint density at radius 2 is 1.26 bits per heavy atom. The molecule has 2 heterocycles. The molecule has 3 heteroatoms. The van der Waals surface area contributed by atoms with Crippen LogP contribution in [0.1, 0.15) is 37.1 Å². The minimum atomic E-state index is 0.771. The Hall–Kier alpha value is -5.80. The van der Waals surface area contributed by atoms with Crippen LogP contribution in [0, 0.1) is 0 Å². The second-order valence-electron chi connectivity index (χ2n) is 12.4. The average molecular weight is 605 g/mol. The van der Waals surface area contributed by atoms with E-state index in [2.05, 4.69) is 134 Å². The van der Waals surface area contributed by atoms with Gasteiger partial charge >= 0.3 is 0 Å². The maximum atomic E-state index is 6.06. The van der Waals surface area contributed by atoms with Crippen LogP contribution in [-0.4, -0.2) is 9.97 Å². The largest absolute Gasteiger partial charge is 0.456 e. The molecule has 0 saturated heterocycles. The van der Waals surface area contributed by atoms with E-state index in [9.17, 15) is 0 Å². The highest BCUT2D eigenvalue weighted by atomic mass is 16.3. The molecule has 0 unspecified atom stereocenters. The molecule has 47 heavy (non-hydrogen) atoms. The van der Waals surface area contributed by atoms with Gasteiger partial charge in [0.25, 0.3) is 0 Å². The molecule has 7 aromatic rings. The van der Waals surface area contributed by atoms with Crippen LogP contribution >= 0.6 is 0 Å². The van der Waals surface area contributed by atoms with Crippen molar-refractivity contribution < 1.29 is 4.42 Å². The van der Waals surface area contributed by atoms with Crippen LogP contribution in [0.2, 0.25) is 0 Å². The van der Waals surface area contributed by atoms with Gasteiger partial charge in [0.15, 0.2) is 5.82 Å². The summed E-state index contributed by atoms with van der Waals surface area (Å²) < 4.78 is 6.06. The van der Waals surface area contributed by atoms with E-state index in [1.54, 1.807) is 0 Å². The Bertz CT molecular complexity index is 2450. The summed E-state index contributed by atoms with van der Waals surface area (Å²) in [4.78, 5) is 10.4. The van der Waals surface area contributed by atoms with Gasteiger partial charge in [-0.2, -0.15) is 0 Å². The molecule has 0 atom stereocenters. The van der Waals surface area contributed by atoms with Gasteiger partial charge in [-0.3, -0.25) is 0 Å². The smallest absolute Gasteiger partial charge is 0.161 e. The molecule has 9 rings (SSSR count). The van der Waals surface area contributed by atoms with Crippen molar-refractivity contribution in [2.24, 2.45) is 0 Å². The van der Waals surface area contributed by atoms with Crippen molar-refractivity contribution >= 4 is 43.9 Å². The summed E-state index contributed by atoms with van der Waals surface area (Å²) in [5.41, 5.74) is 12.1. The zero-order chi connectivity index (χ0) is 31.2. The predicted octanol–water partition coefficient (Wildman–Crippen LogP) is 12.0. The van der Waals surface area contributed by atoms with Crippen LogP contribution in [-0.2, 0) is 0 Å². The normalized spacial score (nSPS) is 14.6. The van der Waals surface area contributed by atoms with Crippen LogP contribution in [0.4, 0.5) is 0 Å². The Balaban J connectivity index is 1.12. The van der Waals surface area contributed by atoms with Crippen LogP contribution in [0.3, 0.4) is 0 Å². The van der Waals surface area contributed by atoms with E-state index in [-0.39, 0.29) is 0 Å². The number of aromatic nitrogens is 2. The number of hydrogen-bond donors (Lipinski definition) is 0. The van der Waals surface area contributed by atoms with Crippen molar-refractivity contribution in [2.75, 3.05) is 0 Å². The summed E-state index contributed by atoms with van der Waals surface area (Å²) in [5.74, 6) is 0.771. The lowest BCUT2D eigenvalue weighted by atomic mass is 9.93. The van der Waals surface area contributed by atoms with Crippen LogP contribution in [0.15, 0.2) is 150 Å². The van der Waals surface area contributed by atoms with Crippen molar-refractivity contribution in [3.8, 4) is 33.6 Å². The number of fused-ring (bicyclic) bond motifs is 4. The lowest BCUT2D eigenvalue weighted by molar-refractivity contribution is 0.669. The lowest BCUT2D eigenvalue weighted by Crippen LogP contribution is -2.02. The summed E-state index contributed by atoms with van der Waals surface area (Å²) in [6.07, 6.45) is 17.5. The number of para-hydroxylation sites is 1. The maximum absolute atomic E-state index is 6.06. The first-order valence-corrected chi connectivity index (χ1v) is 16.4. The third-order valence-electron chi connectivity index (χ3n) is 9.43. The van der Waals surface area contributed by atoms with Gasteiger partial charge in [0.05, 0.1) is 11.4 Å². The highest BCUT2D eigenvalue weighted by Gasteiger charge is 2.17. The molecule has 0 amide bonds. The first kappa shape index (κ1) is 27.5. The number of nitrogens with zero attached hydrogens (tertiary/aromatic N) is 2. The molecule has 2 aromatic heterocycles. The van der Waals surface area contributed by atoms with Gasteiger partial charge in [-0.1, -0.05) is 115 Å². The van der Waals surface area contributed by atoms with Gasteiger partial charge in [0.1, 0.15) is 11.2 Å². The summed E-state index contributed by atoms with van der Waals surface area (Å²) in [6, 6.07) is 38.8. The van der Waals surface area contributed by atoms with E-state index in [1.165, 1.54) is 38.8 Å². The first-order valence-electron chi connectivity index (χ1n) is 16.4. The van der Waals surface area contributed by atoms with Gasteiger partial charge in [-0.05, 0) is 100 Å². The standard InChI is InChI=1S/C44H32N2O/c1-3-11-31(12-4-1)40-28-41(32-13-5-2-6-14-32)46-44(45-40)38-25-24-34(35-15-7-8-16-36(35)38)30-21-19-29(20-22-30)33-23-26-43-39(27-33)37-17-9-10-18-42(37)47-43/h1,3,5,7-11,13-28H,2,4,6,12H2. The summed E-state index contributed by atoms with van der Waals surface area (Å²) >= 11 is 0. The molecule has 0 radical (unpaired) electrons. The summed E-state index contributed by atoms with van der Waals surface area (Å²) in [7, 11) is 0. The lowest BCUT2D eigenvalue weighted by Gasteiger charge is -2.16. The predicted molar refractivity (Wildman–Crippen MR) is 196 cm³/mol. The average Bonchev–Trinajstić information content (AvgIpc) is 3.53. The van der Waals surface area contributed by atoms with Gasteiger partial charge in [0, 0.05) is 16.3 Å². The molecule has 0 N–H and O–H groups in total. The molecule has 224 valence electrons. The molecule has 0 fully saturated rings. The minimum Gasteiger partial charge on any atom is -0.456 e. The highest BCUT2D eigenvalue weighted by molar-refractivity contribution is 6.07. The fourth-order valence-corrected chi connectivity index (χ4v) is 6.99. The molecular formula is C44H32N2O. The van der Waals surface area contributed by atoms with Gasteiger partial charge in [-0.15, -0.1) is 0 Å². The van der Waals surface area contributed by atoms with Crippen LogP contribution < -0.4 is 0 Å². The topological polar surface area (TPSA) is 38.9 Å². The van der Waals surface area contributed by atoms with E-state index in [0.29, 0.717) is 0 Å². The first-order chi connectivity index (χ1) is 23.3. The molecule has 0 saturated carbocycles. The Morgan fingerprint density at radius 3 is 2.06 bits per heavy atom. The van der Waals surface area contributed by atoms with E-state index < -0.39 is 0 Å².